The molecule has 1 aliphatic rings. The molecule has 0 saturated carbocycles. The standard InChI is InChI=1S/C24H23N3O3/c28-23(17-27-21-10-3-4-11-22(21)30-24(27)29)26-14-12-25(13-15-26)16-19-8-5-7-18-6-1-2-9-20(18)19/h1-11H,12-17H2. The fourth-order valence-electron chi connectivity index (χ4n) is 4.23. The monoisotopic (exact) mass is 401 g/mol. The molecule has 0 spiro atoms. The zero-order valence-electron chi connectivity index (χ0n) is 16.7. The number of nitrogens with zero attached hydrogens (tertiary/aromatic N) is 3. The summed E-state index contributed by atoms with van der Waals surface area (Å²) in [5.74, 6) is -0.535. The van der Waals surface area contributed by atoms with Gasteiger partial charge < -0.3 is 9.32 Å². The smallest absolute Gasteiger partial charge is 0.408 e. The normalized spacial score (nSPS) is 15.1. The van der Waals surface area contributed by atoms with Gasteiger partial charge in [-0.3, -0.25) is 14.3 Å². The van der Waals surface area contributed by atoms with Crippen LogP contribution in [0.5, 0.6) is 0 Å². The van der Waals surface area contributed by atoms with Gasteiger partial charge >= 0.3 is 5.76 Å². The van der Waals surface area contributed by atoms with Gasteiger partial charge in [0.2, 0.25) is 5.91 Å². The van der Waals surface area contributed by atoms with E-state index in [1.54, 1.807) is 12.1 Å². The minimum absolute atomic E-state index is 0.0131. The zero-order valence-corrected chi connectivity index (χ0v) is 16.7. The lowest BCUT2D eigenvalue weighted by Gasteiger charge is -2.35. The van der Waals surface area contributed by atoms with E-state index in [4.69, 9.17) is 4.42 Å². The first kappa shape index (κ1) is 18.6. The second-order valence-electron chi connectivity index (χ2n) is 7.72. The quantitative estimate of drug-likeness (QED) is 0.527. The summed E-state index contributed by atoms with van der Waals surface area (Å²) in [6.45, 7) is 3.84. The molecule has 1 aliphatic heterocycles. The number of amides is 1. The third-order valence-electron chi connectivity index (χ3n) is 5.87. The highest BCUT2D eigenvalue weighted by atomic mass is 16.4. The number of hydrogen-bond donors (Lipinski definition) is 0. The molecule has 0 unspecified atom stereocenters. The van der Waals surface area contributed by atoms with Crippen molar-refractivity contribution in [3.05, 3.63) is 82.8 Å². The maximum atomic E-state index is 12.8. The molecule has 1 amide bonds. The Morgan fingerprint density at radius 1 is 0.867 bits per heavy atom. The fraction of sp³-hybridized carbons (Fsp3) is 0.250. The molecule has 0 aliphatic carbocycles. The molecule has 1 saturated heterocycles. The summed E-state index contributed by atoms with van der Waals surface area (Å²) in [6.07, 6.45) is 0. The van der Waals surface area contributed by atoms with Crippen LogP contribution in [0.4, 0.5) is 0 Å². The second-order valence-corrected chi connectivity index (χ2v) is 7.72. The first-order valence-electron chi connectivity index (χ1n) is 10.2. The number of piperazine rings is 1. The van der Waals surface area contributed by atoms with Crippen molar-refractivity contribution in [3.8, 4) is 0 Å². The molecular formula is C24H23N3O3. The van der Waals surface area contributed by atoms with E-state index in [1.807, 2.05) is 17.0 Å². The minimum atomic E-state index is -0.487. The molecular weight excluding hydrogens is 378 g/mol. The van der Waals surface area contributed by atoms with Gasteiger partial charge in [0.05, 0.1) is 5.52 Å². The van der Waals surface area contributed by atoms with E-state index in [0.29, 0.717) is 24.2 Å². The SMILES string of the molecule is O=C(Cn1c(=O)oc2ccccc21)N1CCN(Cc2cccc3ccccc23)CC1. The molecule has 2 heterocycles. The molecule has 5 rings (SSSR count). The third-order valence-corrected chi connectivity index (χ3v) is 5.87. The van der Waals surface area contributed by atoms with E-state index in [0.717, 1.165) is 19.6 Å². The summed E-state index contributed by atoms with van der Waals surface area (Å²) in [7, 11) is 0. The Kier molecular flexibility index (Phi) is 4.85. The summed E-state index contributed by atoms with van der Waals surface area (Å²) in [6, 6.07) is 22.0. The predicted molar refractivity (Wildman–Crippen MR) is 116 cm³/mol. The molecule has 6 heteroatoms. The van der Waals surface area contributed by atoms with Crippen molar-refractivity contribution in [2.24, 2.45) is 0 Å². The highest BCUT2D eigenvalue weighted by Crippen LogP contribution is 2.20. The molecule has 0 N–H and O–H groups in total. The van der Waals surface area contributed by atoms with Gasteiger partial charge in [-0.05, 0) is 28.5 Å². The van der Waals surface area contributed by atoms with Crippen LogP contribution < -0.4 is 5.76 Å². The lowest BCUT2D eigenvalue weighted by molar-refractivity contribution is -0.133. The fourth-order valence-corrected chi connectivity index (χ4v) is 4.23. The maximum absolute atomic E-state index is 12.8. The number of para-hydroxylation sites is 2. The Hall–Kier alpha value is -3.38. The topological polar surface area (TPSA) is 58.7 Å². The summed E-state index contributed by atoms with van der Waals surface area (Å²) in [5, 5.41) is 2.53. The zero-order chi connectivity index (χ0) is 20.5. The van der Waals surface area contributed by atoms with Gasteiger partial charge in [-0.1, -0.05) is 54.6 Å². The van der Waals surface area contributed by atoms with Crippen LogP contribution in [0, 0.1) is 0 Å². The average molecular weight is 401 g/mol. The molecule has 0 radical (unpaired) electrons. The number of carbonyl (C=O) groups is 1. The largest absolute Gasteiger partial charge is 0.420 e. The first-order chi connectivity index (χ1) is 14.7. The van der Waals surface area contributed by atoms with Gasteiger partial charge in [-0.15, -0.1) is 0 Å². The van der Waals surface area contributed by atoms with Gasteiger partial charge in [0, 0.05) is 32.7 Å². The summed E-state index contributed by atoms with van der Waals surface area (Å²) >= 11 is 0. The van der Waals surface area contributed by atoms with Crippen molar-refractivity contribution in [1.82, 2.24) is 14.4 Å². The van der Waals surface area contributed by atoms with Crippen LogP contribution in [-0.2, 0) is 17.9 Å². The van der Waals surface area contributed by atoms with Crippen molar-refractivity contribution in [2.75, 3.05) is 26.2 Å². The molecule has 6 nitrogen and oxygen atoms in total. The number of carbonyl (C=O) groups excluding carboxylic acids is 1. The van der Waals surface area contributed by atoms with Gasteiger partial charge in [-0.25, -0.2) is 4.79 Å². The number of oxazole rings is 1. The van der Waals surface area contributed by atoms with Crippen LogP contribution in [0.25, 0.3) is 21.9 Å². The van der Waals surface area contributed by atoms with Crippen LogP contribution in [-0.4, -0.2) is 46.5 Å². The van der Waals surface area contributed by atoms with E-state index < -0.39 is 5.76 Å². The number of benzene rings is 3. The van der Waals surface area contributed by atoms with Crippen molar-refractivity contribution < 1.29 is 9.21 Å². The Bertz CT molecular complexity index is 1260. The van der Waals surface area contributed by atoms with E-state index in [1.165, 1.54) is 20.9 Å². The molecule has 1 fully saturated rings. The molecule has 0 bridgehead atoms. The lowest BCUT2D eigenvalue weighted by atomic mass is 10.0. The van der Waals surface area contributed by atoms with Gasteiger partial charge in [-0.2, -0.15) is 0 Å². The molecule has 3 aromatic carbocycles. The molecule has 30 heavy (non-hydrogen) atoms. The highest BCUT2D eigenvalue weighted by Gasteiger charge is 2.23. The van der Waals surface area contributed by atoms with Crippen LogP contribution in [0.15, 0.2) is 75.9 Å². The molecule has 152 valence electrons. The van der Waals surface area contributed by atoms with Gasteiger partial charge in [0.15, 0.2) is 5.58 Å². The van der Waals surface area contributed by atoms with E-state index >= 15 is 0 Å². The Morgan fingerprint density at radius 3 is 2.47 bits per heavy atom. The summed E-state index contributed by atoms with van der Waals surface area (Å²) in [4.78, 5) is 29.2. The number of aromatic nitrogens is 1. The van der Waals surface area contributed by atoms with Gasteiger partial charge in [0.25, 0.3) is 0 Å². The Morgan fingerprint density at radius 2 is 1.60 bits per heavy atom. The van der Waals surface area contributed by atoms with Crippen molar-refractivity contribution in [2.45, 2.75) is 13.1 Å². The second kappa shape index (κ2) is 7.80. The minimum Gasteiger partial charge on any atom is -0.408 e. The van der Waals surface area contributed by atoms with Gasteiger partial charge in [0.1, 0.15) is 6.54 Å². The Balaban J connectivity index is 1.24. The van der Waals surface area contributed by atoms with Crippen molar-refractivity contribution >= 4 is 27.8 Å². The van der Waals surface area contributed by atoms with Crippen LogP contribution in [0.1, 0.15) is 5.56 Å². The lowest BCUT2D eigenvalue weighted by Crippen LogP contribution is -2.49. The average Bonchev–Trinajstić information content (AvgIpc) is 3.09. The number of hydrogen-bond acceptors (Lipinski definition) is 4. The number of rotatable bonds is 4. The molecule has 0 atom stereocenters. The molecule has 1 aromatic heterocycles. The summed E-state index contributed by atoms with van der Waals surface area (Å²) in [5.41, 5.74) is 2.48. The third kappa shape index (κ3) is 3.50. The predicted octanol–water partition coefficient (Wildman–Crippen LogP) is 3.09. The maximum Gasteiger partial charge on any atom is 0.420 e. The number of fused-ring (bicyclic) bond motifs is 2. The first-order valence-corrected chi connectivity index (χ1v) is 10.2. The Labute approximate surface area is 173 Å². The highest BCUT2D eigenvalue weighted by molar-refractivity contribution is 5.85. The van der Waals surface area contributed by atoms with Crippen LogP contribution in [0.2, 0.25) is 0 Å². The van der Waals surface area contributed by atoms with Crippen LogP contribution in [0.3, 0.4) is 0 Å². The van der Waals surface area contributed by atoms with E-state index in [-0.39, 0.29) is 12.5 Å². The van der Waals surface area contributed by atoms with Crippen molar-refractivity contribution in [1.29, 1.82) is 0 Å². The summed E-state index contributed by atoms with van der Waals surface area (Å²) < 4.78 is 6.65. The van der Waals surface area contributed by atoms with Crippen LogP contribution >= 0.6 is 0 Å². The van der Waals surface area contributed by atoms with E-state index in [2.05, 4.69) is 47.4 Å². The van der Waals surface area contributed by atoms with Crippen molar-refractivity contribution in [3.63, 3.8) is 0 Å². The molecule has 4 aromatic rings. The van der Waals surface area contributed by atoms with E-state index in [9.17, 15) is 9.59 Å².